The van der Waals surface area contributed by atoms with E-state index in [1.807, 2.05) is 12.4 Å². The molecule has 0 atom stereocenters. The third kappa shape index (κ3) is 3.21. The molecule has 0 aliphatic carbocycles. The first-order valence-electron chi connectivity index (χ1n) is 6.84. The zero-order valence-electron chi connectivity index (χ0n) is 12.6. The topological polar surface area (TPSA) is 26.1 Å². The van der Waals surface area contributed by atoms with Crippen LogP contribution in [0.25, 0.3) is 0 Å². The molecule has 20 heavy (non-hydrogen) atoms. The van der Waals surface area contributed by atoms with Gasteiger partial charge in [-0.3, -0.25) is 5.32 Å². The number of para-hydroxylation sites is 2. The summed E-state index contributed by atoms with van der Waals surface area (Å²) >= 11 is 0. The van der Waals surface area contributed by atoms with E-state index in [4.69, 9.17) is 0 Å². The summed E-state index contributed by atoms with van der Waals surface area (Å²) in [7, 11) is 0. The maximum absolute atomic E-state index is 4.54. The molecule has 1 N–H and O–H groups in total. The molecule has 0 aromatic heterocycles. The summed E-state index contributed by atoms with van der Waals surface area (Å²) in [6.07, 6.45) is 3.71. The highest BCUT2D eigenvalue weighted by Crippen LogP contribution is 2.21. The van der Waals surface area contributed by atoms with Crippen molar-refractivity contribution in [2.24, 2.45) is 0 Å². The molecule has 2 aromatic carbocycles. The van der Waals surface area contributed by atoms with E-state index in [1.165, 1.54) is 22.3 Å². The van der Waals surface area contributed by atoms with E-state index in [1.54, 1.807) is 0 Å². The first-order valence-corrected chi connectivity index (χ1v) is 6.84. The maximum atomic E-state index is 4.54. The van der Waals surface area contributed by atoms with Crippen molar-refractivity contribution in [3.63, 3.8) is 0 Å². The van der Waals surface area contributed by atoms with Gasteiger partial charge < -0.3 is 5.32 Å². The lowest BCUT2D eigenvalue weighted by molar-refractivity contribution is 1.12. The van der Waals surface area contributed by atoms with Gasteiger partial charge in [0.1, 0.15) is 0 Å². The van der Waals surface area contributed by atoms with Gasteiger partial charge in [0.25, 0.3) is 0 Å². The fourth-order valence-corrected chi connectivity index (χ4v) is 2.28. The summed E-state index contributed by atoms with van der Waals surface area (Å²) in [6.45, 7) is 8.37. The summed E-state index contributed by atoms with van der Waals surface area (Å²) in [6, 6.07) is 12.5. The molecule has 2 rings (SSSR count). The van der Waals surface area contributed by atoms with E-state index in [0.29, 0.717) is 0 Å². The molecule has 0 saturated carbocycles. The van der Waals surface area contributed by atoms with Crippen LogP contribution in [0, 0.1) is 27.7 Å². The minimum Gasteiger partial charge on any atom is -0.360 e. The molecule has 103 valence electrons. The summed E-state index contributed by atoms with van der Waals surface area (Å²) in [4.78, 5) is 0. The number of hydrogen-bond donors (Lipinski definition) is 1. The number of rotatable bonds is 4. The molecule has 2 nitrogen and oxygen atoms in total. The fourth-order valence-electron chi connectivity index (χ4n) is 2.28. The third-order valence-corrected chi connectivity index (χ3v) is 3.43. The summed E-state index contributed by atoms with van der Waals surface area (Å²) < 4.78 is 0. The van der Waals surface area contributed by atoms with Gasteiger partial charge in [0.15, 0.2) is 0 Å². The van der Waals surface area contributed by atoms with Crippen LogP contribution >= 0.6 is 0 Å². The summed E-state index contributed by atoms with van der Waals surface area (Å²) in [5.74, 6) is 0. The lowest BCUT2D eigenvalue weighted by Gasteiger charge is -2.09. The molecule has 0 amide bonds. The maximum Gasteiger partial charge on any atom is 0.0688 e. The average molecular weight is 265 g/mol. The van der Waals surface area contributed by atoms with E-state index in [0.717, 1.165) is 11.4 Å². The fraction of sp³-hybridized carbons (Fsp3) is 0.222. The number of nitrogens with zero attached hydrogens (tertiary/aromatic N) is 1. The van der Waals surface area contributed by atoms with E-state index >= 15 is 0 Å². The summed E-state index contributed by atoms with van der Waals surface area (Å²) in [5.41, 5.74) is 7.07. The Kier molecular flexibility index (Phi) is 4.46. The molecule has 0 aliphatic rings. The van der Waals surface area contributed by atoms with Gasteiger partial charge in [-0.25, -0.2) is 0 Å². The van der Waals surface area contributed by atoms with Gasteiger partial charge in [0.05, 0.1) is 5.69 Å². The first-order chi connectivity index (χ1) is 9.59. The van der Waals surface area contributed by atoms with Crippen LogP contribution in [0.4, 0.5) is 11.4 Å². The molecule has 2 aromatic rings. The second kappa shape index (κ2) is 6.29. The number of benzene rings is 2. The van der Waals surface area contributed by atoms with Gasteiger partial charge in [-0.15, -0.1) is 0 Å². The second-order valence-electron chi connectivity index (χ2n) is 5.10. The Hall–Kier alpha value is -2.22. The van der Waals surface area contributed by atoms with E-state index in [2.05, 4.69) is 74.7 Å². The van der Waals surface area contributed by atoms with Gasteiger partial charge in [-0.1, -0.05) is 36.4 Å². The smallest absolute Gasteiger partial charge is 0.0688 e. The van der Waals surface area contributed by atoms with Gasteiger partial charge in [-0.2, -0.15) is 0 Å². The van der Waals surface area contributed by atoms with Crippen molar-refractivity contribution >= 4 is 11.4 Å². The molecule has 0 saturated heterocycles. The van der Waals surface area contributed by atoms with Crippen molar-refractivity contribution in [3.8, 4) is 0 Å². The molecule has 0 fully saturated rings. The Morgan fingerprint density at radius 2 is 1.30 bits per heavy atom. The Labute approximate surface area is 121 Å². The third-order valence-electron chi connectivity index (χ3n) is 3.43. The normalized spacial score (nSPS) is 10.8. The Bertz CT molecular complexity index is 531. The quantitative estimate of drug-likeness (QED) is 0.849. The molecule has 0 spiro atoms. The lowest BCUT2D eigenvalue weighted by atomic mass is 10.1. The van der Waals surface area contributed by atoms with E-state index < -0.39 is 0 Å². The zero-order chi connectivity index (χ0) is 14.5. The molecule has 2 heteroatoms. The Morgan fingerprint density at radius 1 is 0.800 bits per heavy atom. The predicted octanol–water partition coefficient (Wildman–Crippen LogP) is 4.74. The van der Waals surface area contributed by atoms with Gasteiger partial charge in [0.2, 0.25) is 0 Å². The van der Waals surface area contributed by atoms with Crippen LogP contribution in [-0.2, 0) is 0 Å². The van der Waals surface area contributed by atoms with Crippen molar-refractivity contribution in [1.29, 1.82) is 0 Å². The molecule has 0 heterocycles. The minimum atomic E-state index is 1.05. The van der Waals surface area contributed by atoms with Crippen LogP contribution in [0.15, 0.2) is 48.8 Å². The van der Waals surface area contributed by atoms with E-state index in [-0.39, 0.29) is 0 Å². The predicted molar refractivity (Wildman–Crippen MR) is 86.4 cm³/mol. The van der Waals surface area contributed by atoms with Crippen molar-refractivity contribution in [2.75, 3.05) is 5.32 Å². The second-order valence-corrected chi connectivity index (χ2v) is 5.10. The van der Waals surface area contributed by atoms with Crippen molar-refractivity contribution in [1.82, 2.24) is 5.32 Å². The molecule has 0 aliphatic heterocycles. The zero-order valence-corrected chi connectivity index (χ0v) is 12.6. The van der Waals surface area contributed by atoms with Crippen LogP contribution in [-0.4, -0.2) is 0 Å². The number of hydrogen-bond acceptors (Lipinski definition) is 1. The molecule has 1 radical (unpaired) electrons. The minimum absolute atomic E-state index is 1.05. The standard InChI is InChI=1S/C18H21N2/c1-13-7-5-8-14(2)17(13)19-11-12-20-18-15(3)9-6-10-16(18)4/h5-12,19H,1-4H3. The van der Waals surface area contributed by atoms with Gasteiger partial charge in [0, 0.05) is 18.1 Å². The largest absolute Gasteiger partial charge is 0.360 e. The molecular weight excluding hydrogens is 244 g/mol. The number of nitrogens with one attached hydrogen (secondary N) is 1. The molecular formula is C18H21N2. The highest BCUT2D eigenvalue weighted by Gasteiger charge is 2.01. The highest BCUT2D eigenvalue weighted by molar-refractivity contribution is 5.58. The molecule has 0 bridgehead atoms. The summed E-state index contributed by atoms with van der Waals surface area (Å²) in [5, 5.41) is 7.85. The van der Waals surface area contributed by atoms with Crippen LogP contribution in [0.3, 0.4) is 0 Å². The first kappa shape index (κ1) is 14.2. The SMILES string of the molecule is Cc1cccc(C)c1[N]C=CNc1c(C)cccc1C. The van der Waals surface area contributed by atoms with Crippen LogP contribution in [0.1, 0.15) is 22.3 Å². The molecule has 0 unspecified atom stereocenters. The van der Waals surface area contributed by atoms with Crippen molar-refractivity contribution in [3.05, 3.63) is 71.1 Å². The Morgan fingerprint density at radius 3 is 1.85 bits per heavy atom. The van der Waals surface area contributed by atoms with Gasteiger partial charge >= 0.3 is 0 Å². The average Bonchev–Trinajstić information content (AvgIpc) is 2.40. The van der Waals surface area contributed by atoms with E-state index in [9.17, 15) is 0 Å². The Balaban J connectivity index is 2.05. The van der Waals surface area contributed by atoms with Crippen LogP contribution in [0.2, 0.25) is 0 Å². The highest BCUT2D eigenvalue weighted by atomic mass is 14.9. The number of anilines is 1. The number of aryl methyl sites for hydroxylation is 4. The van der Waals surface area contributed by atoms with Crippen molar-refractivity contribution < 1.29 is 0 Å². The van der Waals surface area contributed by atoms with Gasteiger partial charge in [-0.05, 0) is 49.9 Å². The van der Waals surface area contributed by atoms with Crippen molar-refractivity contribution in [2.45, 2.75) is 27.7 Å². The van der Waals surface area contributed by atoms with Crippen LogP contribution in [0.5, 0.6) is 0 Å². The van der Waals surface area contributed by atoms with Crippen LogP contribution < -0.4 is 10.6 Å². The monoisotopic (exact) mass is 265 g/mol. The lowest BCUT2D eigenvalue weighted by Crippen LogP contribution is -1.97.